The summed E-state index contributed by atoms with van der Waals surface area (Å²) in [7, 11) is 0. The molecule has 42 heavy (non-hydrogen) atoms. The molecule has 5 aromatic rings. The highest BCUT2D eigenvalue weighted by atomic mass is 16.5. The molecule has 1 heterocycles. The van der Waals surface area contributed by atoms with Crippen LogP contribution in [0.3, 0.4) is 0 Å². The van der Waals surface area contributed by atoms with Gasteiger partial charge in [-0.15, -0.1) is 0 Å². The fraction of sp³-hybridized carbons (Fsp3) is 0.0278. The standard InChI is InChI=1S/C36H27N3O3/c1-25-15-19-29(20-16-25)37-35(40)28-17-21-30(22-18-28)39-34(27-10-4-2-5-11-27)38-33(36(39)41)24-26-9-8-14-32(23-26)42-31-12-6-3-7-13-31/h2-24H,1H3,(H,37,40)/b33-24-. The van der Waals surface area contributed by atoms with Crippen LogP contribution in [0, 0.1) is 6.92 Å². The first-order chi connectivity index (χ1) is 20.5. The Morgan fingerprint density at radius 1 is 0.762 bits per heavy atom. The quantitative estimate of drug-likeness (QED) is 0.210. The van der Waals surface area contributed by atoms with E-state index in [4.69, 9.17) is 9.73 Å². The Hall–Kier alpha value is -5.75. The predicted molar refractivity (Wildman–Crippen MR) is 167 cm³/mol. The van der Waals surface area contributed by atoms with Crippen LogP contribution in [0.25, 0.3) is 6.08 Å². The van der Waals surface area contributed by atoms with Crippen LogP contribution >= 0.6 is 0 Å². The molecular formula is C36H27N3O3. The van der Waals surface area contributed by atoms with Crippen molar-refractivity contribution in [3.8, 4) is 11.5 Å². The van der Waals surface area contributed by atoms with Crippen molar-refractivity contribution in [1.29, 1.82) is 0 Å². The maximum absolute atomic E-state index is 13.8. The van der Waals surface area contributed by atoms with Crippen LogP contribution in [0.15, 0.2) is 144 Å². The normalized spacial score (nSPS) is 13.6. The molecule has 204 valence electrons. The first-order valence-corrected chi connectivity index (χ1v) is 13.5. The van der Waals surface area contributed by atoms with Gasteiger partial charge in [0.1, 0.15) is 23.0 Å². The van der Waals surface area contributed by atoms with Gasteiger partial charge in [0, 0.05) is 16.8 Å². The van der Waals surface area contributed by atoms with Crippen LogP contribution in [0.1, 0.15) is 27.0 Å². The molecule has 0 bridgehead atoms. The number of ether oxygens (including phenoxy) is 1. The van der Waals surface area contributed by atoms with Crippen molar-refractivity contribution in [3.63, 3.8) is 0 Å². The summed E-state index contributed by atoms with van der Waals surface area (Å²) in [6.07, 6.45) is 1.76. The van der Waals surface area contributed by atoms with E-state index >= 15 is 0 Å². The van der Waals surface area contributed by atoms with Gasteiger partial charge in [-0.05, 0) is 79.2 Å². The Morgan fingerprint density at radius 2 is 1.43 bits per heavy atom. The third kappa shape index (κ3) is 5.88. The average molecular weight is 550 g/mol. The fourth-order valence-electron chi connectivity index (χ4n) is 4.59. The molecule has 0 saturated heterocycles. The van der Waals surface area contributed by atoms with Gasteiger partial charge in [-0.3, -0.25) is 14.5 Å². The summed E-state index contributed by atoms with van der Waals surface area (Å²) in [5.41, 5.74) is 4.81. The molecule has 6 heteroatoms. The molecule has 0 radical (unpaired) electrons. The topological polar surface area (TPSA) is 71.0 Å². The Labute approximate surface area is 244 Å². The molecular weight excluding hydrogens is 522 g/mol. The number of carbonyl (C=O) groups is 2. The van der Waals surface area contributed by atoms with Gasteiger partial charge in [0.25, 0.3) is 11.8 Å². The van der Waals surface area contributed by atoms with Gasteiger partial charge in [0.2, 0.25) is 0 Å². The van der Waals surface area contributed by atoms with Crippen molar-refractivity contribution in [2.75, 3.05) is 10.2 Å². The van der Waals surface area contributed by atoms with E-state index in [9.17, 15) is 9.59 Å². The lowest BCUT2D eigenvalue weighted by molar-refractivity contribution is -0.113. The molecule has 1 N–H and O–H groups in total. The first kappa shape index (κ1) is 26.5. The van der Waals surface area contributed by atoms with E-state index in [1.54, 1.807) is 35.2 Å². The first-order valence-electron chi connectivity index (χ1n) is 13.5. The molecule has 0 aliphatic carbocycles. The second-order valence-electron chi connectivity index (χ2n) is 9.83. The number of nitrogens with zero attached hydrogens (tertiary/aromatic N) is 2. The lowest BCUT2D eigenvalue weighted by Gasteiger charge is -2.19. The number of benzene rings is 5. The molecule has 0 aromatic heterocycles. The van der Waals surface area contributed by atoms with Gasteiger partial charge in [0.05, 0.1) is 5.69 Å². The van der Waals surface area contributed by atoms with Crippen LogP contribution in [-0.2, 0) is 4.79 Å². The summed E-state index contributed by atoms with van der Waals surface area (Å²) in [4.78, 5) is 33.0. The number of amides is 2. The minimum atomic E-state index is -0.264. The van der Waals surface area contributed by atoms with Crippen LogP contribution in [0.2, 0.25) is 0 Å². The van der Waals surface area contributed by atoms with Gasteiger partial charge < -0.3 is 10.1 Å². The molecule has 6 nitrogen and oxygen atoms in total. The number of nitrogens with one attached hydrogen (secondary N) is 1. The minimum Gasteiger partial charge on any atom is -0.457 e. The molecule has 0 unspecified atom stereocenters. The number of hydrogen-bond donors (Lipinski definition) is 1. The van der Waals surface area contributed by atoms with Gasteiger partial charge in [-0.1, -0.05) is 78.4 Å². The van der Waals surface area contributed by atoms with E-state index in [0.29, 0.717) is 28.5 Å². The molecule has 6 rings (SSSR count). The molecule has 1 aliphatic heterocycles. The average Bonchev–Trinajstić information content (AvgIpc) is 3.35. The van der Waals surface area contributed by atoms with E-state index in [1.165, 1.54) is 0 Å². The van der Waals surface area contributed by atoms with Crippen molar-refractivity contribution in [2.45, 2.75) is 6.92 Å². The molecule has 0 fully saturated rings. The SMILES string of the molecule is Cc1ccc(NC(=O)c2ccc(N3C(=O)/C(=C/c4cccc(Oc5ccccc5)c4)N=C3c3ccccc3)cc2)cc1. The van der Waals surface area contributed by atoms with Crippen LogP contribution < -0.4 is 15.0 Å². The summed E-state index contributed by atoms with van der Waals surface area (Å²) in [6.45, 7) is 2.00. The third-order valence-corrected chi connectivity index (χ3v) is 6.73. The zero-order chi connectivity index (χ0) is 28.9. The fourth-order valence-corrected chi connectivity index (χ4v) is 4.59. The van der Waals surface area contributed by atoms with Crippen molar-refractivity contribution in [2.24, 2.45) is 4.99 Å². The maximum atomic E-state index is 13.8. The van der Waals surface area contributed by atoms with E-state index < -0.39 is 0 Å². The summed E-state index contributed by atoms with van der Waals surface area (Å²) in [5.74, 6) is 1.41. The van der Waals surface area contributed by atoms with E-state index in [-0.39, 0.29) is 11.8 Å². The Morgan fingerprint density at radius 3 is 2.14 bits per heavy atom. The number of amidine groups is 1. The molecule has 2 amide bonds. The van der Waals surface area contributed by atoms with Crippen LogP contribution in [0.5, 0.6) is 11.5 Å². The number of aryl methyl sites for hydroxylation is 1. The smallest absolute Gasteiger partial charge is 0.282 e. The number of hydrogen-bond acceptors (Lipinski definition) is 4. The highest BCUT2D eigenvalue weighted by Gasteiger charge is 2.32. The van der Waals surface area contributed by atoms with Gasteiger partial charge in [0.15, 0.2) is 0 Å². The number of aliphatic imine (C=N–C) groups is 1. The van der Waals surface area contributed by atoms with Gasteiger partial charge in [-0.25, -0.2) is 4.99 Å². The molecule has 5 aromatic carbocycles. The summed E-state index contributed by atoms with van der Waals surface area (Å²) in [5, 5.41) is 2.91. The highest BCUT2D eigenvalue weighted by Crippen LogP contribution is 2.29. The van der Waals surface area contributed by atoms with Gasteiger partial charge in [-0.2, -0.15) is 0 Å². The zero-order valence-corrected chi connectivity index (χ0v) is 22.9. The van der Waals surface area contributed by atoms with Crippen LogP contribution in [0.4, 0.5) is 11.4 Å². The number of anilines is 2. The summed E-state index contributed by atoms with van der Waals surface area (Å²) >= 11 is 0. The monoisotopic (exact) mass is 549 g/mol. The minimum absolute atomic E-state index is 0.228. The third-order valence-electron chi connectivity index (χ3n) is 6.73. The van der Waals surface area contributed by atoms with E-state index in [0.717, 1.165) is 28.1 Å². The maximum Gasteiger partial charge on any atom is 0.282 e. The Balaban J connectivity index is 1.28. The van der Waals surface area contributed by atoms with E-state index in [1.807, 2.05) is 116 Å². The molecule has 0 spiro atoms. The van der Waals surface area contributed by atoms with Gasteiger partial charge >= 0.3 is 0 Å². The number of para-hydroxylation sites is 1. The van der Waals surface area contributed by atoms with Crippen molar-refractivity contribution in [1.82, 2.24) is 0 Å². The second-order valence-corrected chi connectivity index (χ2v) is 9.83. The van der Waals surface area contributed by atoms with Crippen LogP contribution in [-0.4, -0.2) is 17.6 Å². The number of carbonyl (C=O) groups excluding carboxylic acids is 2. The highest BCUT2D eigenvalue weighted by molar-refractivity contribution is 6.33. The summed E-state index contributed by atoms with van der Waals surface area (Å²) in [6, 6.07) is 41.2. The van der Waals surface area contributed by atoms with Crippen molar-refractivity contribution < 1.29 is 14.3 Å². The van der Waals surface area contributed by atoms with Crippen molar-refractivity contribution >= 4 is 35.1 Å². The van der Waals surface area contributed by atoms with E-state index in [2.05, 4.69) is 5.32 Å². The molecule has 0 saturated carbocycles. The molecule has 1 aliphatic rings. The largest absolute Gasteiger partial charge is 0.457 e. The zero-order valence-electron chi connectivity index (χ0n) is 22.9. The van der Waals surface area contributed by atoms with Crippen molar-refractivity contribution in [3.05, 3.63) is 161 Å². The second kappa shape index (κ2) is 11.8. The summed E-state index contributed by atoms with van der Waals surface area (Å²) < 4.78 is 5.97. The lowest BCUT2D eigenvalue weighted by Crippen LogP contribution is -2.32. The Bertz CT molecular complexity index is 1790. The number of rotatable bonds is 7. The predicted octanol–water partition coefficient (Wildman–Crippen LogP) is 7.87. The Kier molecular flexibility index (Phi) is 7.42. The lowest BCUT2D eigenvalue weighted by atomic mass is 10.1. The molecule has 0 atom stereocenters.